The van der Waals surface area contributed by atoms with Crippen LogP contribution in [0.15, 0.2) is 54.7 Å². The van der Waals surface area contributed by atoms with Crippen LogP contribution in [0.1, 0.15) is 26.6 Å². The lowest BCUT2D eigenvalue weighted by Crippen LogP contribution is -2.14. The van der Waals surface area contributed by atoms with E-state index in [2.05, 4.69) is 20.6 Å². The van der Waals surface area contributed by atoms with Crippen molar-refractivity contribution in [1.29, 1.82) is 0 Å². The van der Waals surface area contributed by atoms with Gasteiger partial charge in [-0.3, -0.25) is 10.1 Å². The second kappa shape index (κ2) is 8.10. The van der Waals surface area contributed by atoms with Crippen LogP contribution in [0.4, 0.5) is 9.52 Å². The SMILES string of the molecule is Cc1c(C(=O)Nc2ncc(Cc3ccccc3Cl)s2)nnn1-c1ccc(F)cc1. The Morgan fingerprint density at radius 3 is 2.72 bits per heavy atom. The van der Waals surface area contributed by atoms with E-state index in [0.29, 0.717) is 28.0 Å². The molecular weight excluding hydrogens is 413 g/mol. The predicted molar refractivity (Wildman–Crippen MR) is 110 cm³/mol. The number of anilines is 1. The summed E-state index contributed by atoms with van der Waals surface area (Å²) < 4.78 is 14.6. The largest absolute Gasteiger partial charge is 0.296 e. The van der Waals surface area contributed by atoms with Crippen LogP contribution in [-0.2, 0) is 6.42 Å². The zero-order valence-corrected chi connectivity index (χ0v) is 16.8. The van der Waals surface area contributed by atoms with E-state index in [1.165, 1.54) is 28.2 Å². The van der Waals surface area contributed by atoms with Crippen molar-refractivity contribution in [2.75, 3.05) is 5.32 Å². The lowest BCUT2D eigenvalue weighted by molar-refractivity contribution is 0.102. The third-order valence-electron chi connectivity index (χ3n) is 4.28. The number of carbonyl (C=O) groups excluding carboxylic acids is 1. The van der Waals surface area contributed by atoms with E-state index in [-0.39, 0.29) is 11.5 Å². The molecule has 0 aliphatic rings. The van der Waals surface area contributed by atoms with Crippen molar-refractivity contribution >= 4 is 34.0 Å². The molecule has 0 spiro atoms. The van der Waals surface area contributed by atoms with E-state index in [0.717, 1.165) is 10.4 Å². The molecule has 1 amide bonds. The highest BCUT2D eigenvalue weighted by atomic mass is 35.5. The smallest absolute Gasteiger partial charge is 0.279 e. The van der Waals surface area contributed by atoms with Gasteiger partial charge in [0, 0.05) is 22.5 Å². The maximum Gasteiger partial charge on any atom is 0.279 e. The van der Waals surface area contributed by atoms with E-state index in [4.69, 9.17) is 11.6 Å². The third kappa shape index (κ3) is 4.18. The van der Waals surface area contributed by atoms with Gasteiger partial charge in [0.15, 0.2) is 10.8 Å². The zero-order chi connectivity index (χ0) is 20.4. The van der Waals surface area contributed by atoms with Crippen LogP contribution >= 0.6 is 22.9 Å². The first-order valence-electron chi connectivity index (χ1n) is 8.69. The first-order valence-corrected chi connectivity index (χ1v) is 9.88. The topological polar surface area (TPSA) is 72.7 Å². The molecule has 2 aromatic carbocycles. The Morgan fingerprint density at radius 2 is 1.97 bits per heavy atom. The molecule has 6 nitrogen and oxygen atoms in total. The number of thiazole rings is 1. The average molecular weight is 428 g/mol. The number of aromatic nitrogens is 4. The summed E-state index contributed by atoms with van der Waals surface area (Å²) >= 11 is 7.57. The van der Waals surface area contributed by atoms with Crippen molar-refractivity contribution in [3.8, 4) is 5.69 Å². The minimum atomic E-state index is -0.408. The lowest BCUT2D eigenvalue weighted by atomic mass is 10.1. The van der Waals surface area contributed by atoms with Gasteiger partial charge in [-0.15, -0.1) is 16.4 Å². The number of nitrogens with zero attached hydrogens (tertiary/aromatic N) is 4. The van der Waals surface area contributed by atoms with Crippen molar-refractivity contribution in [3.63, 3.8) is 0 Å². The number of benzene rings is 2. The summed E-state index contributed by atoms with van der Waals surface area (Å²) in [5.41, 5.74) is 2.33. The number of nitrogens with one attached hydrogen (secondary N) is 1. The maximum atomic E-state index is 13.1. The van der Waals surface area contributed by atoms with E-state index in [1.54, 1.807) is 25.3 Å². The highest BCUT2D eigenvalue weighted by Gasteiger charge is 2.19. The van der Waals surface area contributed by atoms with E-state index in [1.807, 2.05) is 24.3 Å². The molecule has 2 aromatic heterocycles. The molecule has 0 unspecified atom stereocenters. The van der Waals surface area contributed by atoms with Gasteiger partial charge in [0.25, 0.3) is 5.91 Å². The number of hydrogen-bond acceptors (Lipinski definition) is 5. The first kappa shape index (κ1) is 19.2. The molecule has 0 radical (unpaired) electrons. The molecule has 29 heavy (non-hydrogen) atoms. The van der Waals surface area contributed by atoms with Crippen molar-refractivity contribution in [1.82, 2.24) is 20.0 Å². The molecule has 0 fully saturated rings. The van der Waals surface area contributed by atoms with Crippen molar-refractivity contribution < 1.29 is 9.18 Å². The minimum Gasteiger partial charge on any atom is -0.296 e. The van der Waals surface area contributed by atoms with Gasteiger partial charge in [-0.2, -0.15) is 0 Å². The fraction of sp³-hybridized carbons (Fsp3) is 0.100. The molecule has 0 aliphatic heterocycles. The Hall–Kier alpha value is -3.10. The van der Waals surface area contributed by atoms with Gasteiger partial charge in [0.05, 0.1) is 11.4 Å². The lowest BCUT2D eigenvalue weighted by Gasteiger charge is -2.03. The average Bonchev–Trinajstić information content (AvgIpc) is 3.31. The maximum absolute atomic E-state index is 13.1. The molecule has 2 heterocycles. The summed E-state index contributed by atoms with van der Waals surface area (Å²) in [4.78, 5) is 17.8. The van der Waals surface area contributed by atoms with Gasteiger partial charge in [0.1, 0.15) is 5.82 Å². The standard InChI is InChI=1S/C20H15ClFN5OS/c1-12-18(25-26-27(12)15-8-6-14(22)7-9-15)19(28)24-20-23-11-16(29-20)10-13-4-2-3-5-17(13)21/h2-9,11H,10H2,1H3,(H,23,24,28). The Labute approximate surface area is 175 Å². The zero-order valence-electron chi connectivity index (χ0n) is 15.3. The first-order chi connectivity index (χ1) is 14.0. The number of halogens is 2. The van der Waals surface area contributed by atoms with Crippen LogP contribution in [0.5, 0.6) is 0 Å². The molecule has 0 atom stereocenters. The predicted octanol–water partition coefficient (Wildman–Crippen LogP) is 4.67. The molecular formula is C20H15ClFN5OS. The van der Waals surface area contributed by atoms with Gasteiger partial charge in [-0.05, 0) is 42.8 Å². The van der Waals surface area contributed by atoms with Gasteiger partial charge in [-0.25, -0.2) is 14.1 Å². The van der Waals surface area contributed by atoms with Crippen LogP contribution in [0.3, 0.4) is 0 Å². The van der Waals surface area contributed by atoms with Crippen molar-refractivity contribution in [3.05, 3.63) is 87.4 Å². The van der Waals surface area contributed by atoms with Crippen LogP contribution in [0, 0.1) is 12.7 Å². The van der Waals surface area contributed by atoms with Crippen LogP contribution in [0.2, 0.25) is 5.02 Å². The molecule has 0 saturated carbocycles. The summed E-state index contributed by atoms with van der Waals surface area (Å²) in [5, 5.41) is 11.9. The molecule has 0 saturated heterocycles. The molecule has 146 valence electrons. The molecule has 4 rings (SSSR count). The second-order valence-electron chi connectivity index (χ2n) is 6.27. The molecule has 4 aromatic rings. The van der Waals surface area contributed by atoms with Gasteiger partial charge < -0.3 is 0 Å². The van der Waals surface area contributed by atoms with Gasteiger partial charge >= 0.3 is 0 Å². The fourth-order valence-corrected chi connectivity index (χ4v) is 3.83. The Kier molecular flexibility index (Phi) is 5.37. The minimum absolute atomic E-state index is 0.178. The van der Waals surface area contributed by atoms with Gasteiger partial charge in [-0.1, -0.05) is 35.0 Å². The molecule has 0 aliphatic carbocycles. The highest BCUT2D eigenvalue weighted by molar-refractivity contribution is 7.15. The Balaban J connectivity index is 1.48. The van der Waals surface area contributed by atoms with Crippen LogP contribution in [-0.4, -0.2) is 25.9 Å². The normalized spacial score (nSPS) is 10.9. The van der Waals surface area contributed by atoms with E-state index >= 15 is 0 Å². The molecule has 9 heteroatoms. The van der Waals surface area contributed by atoms with Gasteiger partial charge in [0.2, 0.25) is 0 Å². The summed E-state index contributed by atoms with van der Waals surface area (Å²) in [7, 11) is 0. The van der Waals surface area contributed by atoms with Crippen LogP contribution in [0.25, 0.3) is 5.69 Å². The molecule has 0 bridgehead atoms. The highest BCUT2D eigenvalue weighted by Crippen LogP contribution is 2.25. The number of rotatable bonds is 5. The summed E-state index contributed by atoms with van der Waals surface area (Å²) in [6, 6.07) is 13.4. The van der Waals surface area contributed by atoms with E-state index in [9.17, 15) is 9.18 Å². The third-order valence-corrected chi connectivity index (χ3v) is 5.56. The van der Waals surface area contributed by atoms with Crippen molar-refractivity contribution in [2.45, 2.75) is 13.3 Å². The Morgan fingerprint density at radius 1 is 1.21 bits per heavy atom. The van der Waals surface area contributed by atoms with E-state index < -0.39 is 5.91 Å². The van der Waals surface area contributed by atoms with Crippen LogP contribution < -0.4 is 5.32 Å². The summed E-state index contributed by atoms with van der Waals surface area (Å²) in [5.74, 6) is -0.754. The summed E-state index contributed by atoms with van der Waals surface area (Å²) in [6.45, 7) is 1.73. The molecule has 1 N–H and O–H groups in total. The second-order valence-corrected chi connectivity index (χ2v) is 7.79. The Bertz CT molecular complexity index is 1170. The number of amides is 1. The van der Waals surface area contributed by atoms with Crippen molar-refractivity contribution in [2.24, 2.45) is 0 Å². The number of hydrogen-bond donors (Lipinski definition) is 1. The monoisotopic (exact) mass is 427 g/mol. The fourth-order valence-electron chi connectivity index (χ4n) is 2.80. The number of carbonyl (C=O) groups is 1. The summed E-state index contributed by atoms with van der Waals surface area (Å²) in [6.07, 6.45) is 2.35. The quantitative estimate of drug-likeness (QED) is 0.502.